The largest absolute Gasteiger partial charge is 0.486 e. The Morgan fingerprint density at radius 3 is 2.52 bits per heavy atom. The fourth-order valence-electron chi connectivity index (χ4n) is 5.00. The van der Waals surface area contributed by atoms with Crippen molar-refractivity contribution >= 4 is 18.0 Å². The Bertz CT molecular complexity index is 1580. The molecule has 3 aromatic carbocycles. The van der Waals surface area contributed by atoms with Crippen LogP contribution in [0.3, 0.4) is 0 Å². The SMILES string of the molecule is CC(OC(=O)C=Cc1cn(-c2ccccc2)nc1-c1ccc2c(c1)OCCO2)C(=O)N1CCc2ccccc2C1. The number of carbonyl (C=O) groups is 2. The average molecular weight is 536 g/mol. The molecule has 3 heterocycles. The van der Waals surface area contributed by atoms with E-state index in [0.717, 1.165) is 23.2 Å². The van der Waals surface area contributed by atoms with Gasteiger partial charge in [-0.3, -0.25) is 4.79 Å². The van der Waals surface area contributed by atoms with Gasteiger partial charge in [-0.2, -0.15) is 5.10 Å². The van der Waals surface area contributed by atoms with E-state index in [1.54, 1.807) is 22.6 Å². The van der Waals surface area contributed by atoms with Gasteiger partial charge in [0.15, 0.2) is 17.6 Å². The molecule has 8 nitrogen and oxygen atoms in total. The fourth-order valence-corrected chi connectivity index (χ4v) is 5.00. The van der Waals surface area contributed by atoms with Gasteiger partial charge in [0.25, 0.3) is 5.91 Å². The minimum Gasteiger partial charge on any atom is -0.486 e. The first-order valence-electron chi connectivity index (χ1n) is 13.3. The third kappa shape index (κ3) is 5.33. The smallest absolute Gasteiger partial charge is 0.331 e. The summed E-state index contributed by atoms with van der Waals surface area (Å²) in [5.41, 5.74) is 5.46. The molecule has 2 aliphatic rings. The molecule has 0 aliphatic carbocycles. The molecule has 2 aliphatic heterocycles. The zero-order chi connectivity index (χ0) is 27.5. The lowest BCUT2D eigenvalue weighted by molar-refractivity contribution is -0.155. The highest BCUT2D eigenvalue weighted by Crippen LogP contribution is 2.35. The lowest BCUT2D eigenvalue weighted by atomic mass is 9.99. The van der Waals surface area contributed by atoms with Crippen molar-refractivity contribution in [2.24, 2.45) is 0 Å². The van der Waals surface area contributed by atoms with Crippen LogP contribution in [0.2, 0.25) is 0 Å². The number of carbonyl (C=O) groups excluding carboxylic acids is 2. The van der Waals surface area contributed by atoms with E-state index in [1.165, 1.54) is 11.6 Å². The average Bonchev–Trinajstić information content (AvgIpc) is 3.44. The van der Waals surface area contributed by atoms with Crippen LogP contribution in [0.5, 0.6) is 11.5 Å². The number of benzene rings is 3. The Hall–Kier alpha value is -4.85. The topological polar surface area (TPSA) is 82.9 Å². The first-order chi connectivity index (χ1) is 19.5. The molecule has 0 radical (unpaired) electrons. The lowest BCUT2D eigenvalue weighted by Gasteiger charge is -2.30. The van der Waals surface area contributed by atoms with Crippen LogP contribution in [0.15, 0.2) is 85.1 Å². The maximum absolute atomic E-state index is 13.0. The minimum atomic E-state index is -0.897. The molecule has 0 fully saturated rings. The third-order valence-corrected chi connectivity index (χ3v) is 7.06. The second kappa shape index (κ2) is 11.1. The number of amides is 1. The second-order valence-electron chi connectivity index (χ2n) is 9.76. The fraction of sp³-hybridized carbons (Fsp3) is 0.219. The number of fused-ring (bicyclic) bond motifs is 2. The summed E-state index contributed by atoms with van der Waals surface area (Å²) in [6, 6.07) is 23.5. The molecule has 0 N–H and O–H groups in total. The third-order valence-electron chi connectivity index (χ3n) is 7.06. The molecule has 0 saturated heterocycles. The van der Waals surface area contributed by atoms with Gasteiger partial charge in [0, 0.05) is 36.5 Å². The van der Waals surface area contributed by atoms with Crippen molar-refractivity contribution < 1.29 is 23.8 Å². The Morgan fingerprint density at radius 1 is 0.950 bits per heavy atom. The Labute approximate surface area is 232 Å². The molecule has 1 amide bonds. The number of aromatic nitrogens is 2. The van der Waals surface area contributed by atoms with Gasteiger partial charge in [0.05, 0.1) is 5.69 Å². The van der Waals surface area contributed by atoms with Crippen LogP contribution in [-0.2, 0) is 27.3 Å². The van der Waals surface area contributed by atoms with E-state index in [2.05, 4.69) is 6.07 Å². The van der Waals surface area contributed by atoms with Gasteiger partial charge in [-0.15, -0.1) is 0 Å². The predicted molar refractivity (Wildman–Crippen MR) is 150 cm³/mol. The van der Waals surface area contributed by atoms with Crippen LogP contribution in [0.25, 0.3) is 23.0 Å². The van der Waals surface area contributed by atoms with E-state index >= 15 is 0 Å². The molecule has 40 heavy (non-hydrogen) atoms. The van der Waals surface area contributed by atoms with E-state index in [-0.39, 0.29) is 5.91 Å². The summed E-state index contributed by atoms with van der Waals surface area (Å²) in [5.74, 6) is 0.540. The van der Waals surface area contributed by atoms with Crippen molar-refractivity contribution in [3.05, 3.63) is 102 Å². The number of para-hydroxylation sites is 1. The van der Waals surface area contributed by atoms with Crippen LogP contribution < -0.4 is 9.47 Å². The van der Waals surface area contributed by atoms with Gasteiger partial charge in [0.2, 0.25) is 0 Å². The standard InChI is InChI=1S/C32H29N3O5/c1-22(32(37)34-16-15-23-7-5-6-8-25(23)20-34)40-30(36)14-12-26-21-35(27-9-3-2-4-10-27)33-31(26)24-11-13-28-29(19-24)39-18-17-38-28/h2-14,19,21-22H,15-18,20H2,1H3. The summed E-state index contributed by atoms with van der Waals surface area (Å²) >= 11 is 0. The highest BCUT2D eigenvalue weighted by molar-refractivity contribution is 5.91. The molecule has 4 aromatic rings. The number of hydrogen-bond donors (Lipinski definition) is 0. The number of ether oxygens (including phenoxy) is 3. The van der Waals surface area contributed by atoms with Crippen LogP contribution in [0, 0.1) is 0 Å². The van der Waals surface area contributed by atoms with Crippen molar-refractivity contribution in [2.45, 2.75) is 26.0 Å². The number of hydrogen-bond acceptors (Lipinski definition) is 6. The number of nitrogens with zero attached hydrogens (tertiary/aromatic N) is 3. The van der Waals surface area contributed by atoms with Gasteiger partial charge < -0.3 is 19.1 Å². The number of rotatable bonds is 6. The number of esters is 1. The molecule has 1 unspecified atom stereocenters. The summed E-state index contributed by atoms with van der Waals surface area (Å²) in [6.07, 6.45) is 4.74. The molecule has 1 aromatic heterocycles. The highest BCUT2D eigenvalue weighted by Gasteiger charge is 2.26. The first-order valence-corrected chi connectivity index (χ1v) is 13.3. The van der Waals surface area contributed by atoms with Crippen molar-refractivity contribution in [3.63, 3.8) is 0 Å². The summed E-state index contributed by atoms with van der Waals surface area (Å²) in [5, 5.41) is 4.80. The Balaban J connectivity index is 1.20. The van der Waals surface area contributed by atoms with Crippen molar-refractivity contribution in [1.29, 1.82) is 0 Å². The molecular weight excluding hydrogens is 506 g/mol. The molecule has 0 bridgehead atoms. The van der Waals surface area contributed by atoms with E-state index < -0.39 is 12.1 Å². The summed E-state index contributed by atoms with van der Waals surface area (Å²) in [7, 11) is 0. The molecule has 0 spiro atoms. The van der Waals surface area contributed by atoms with Gasteiger partial charge >= 0.3 is 5.97 Å². The lowest BCUT2D eigenvalue weighted by Crippen LogP contribution is -2.42. The van der Waals surface area contributed by atoms with E-state index in [0.29, 0.717) is 49.1 Å². The van der Waals surface area contributed by atoms with E-state index in [4.69, 9.17) is 19.3 Å². The zero-order valence-electron chi connectivity index (χ0n) is 22.2. The highest BCUT2D eigenvalue weighted by atomic mass is 16.6. The second-order valence-corrected chi connectivity index (χ2v) is 9.76. The molecule has 6 rings (SSSR count). The maximum atomic E-state index is 13.0. The van der Waals surface area contributed by atoms with E-state index in [9.17, 15) is 9.59 Å². The van der Waals surface area contributed by atoms with Crippen LogP contribution in [0.1, 0.15) is 23.6 Å². The van der Waals surface area contributed by atoms with Gasteiger partial charge in [0.1, 0.15) is 18.9 Å². The molecule has 0 saturated carbocycles. The van der Waals surface area contributed by atoms with Crippen LogP contribution in [-0.4, -0.2) is 52.4 Å². The molecule has 1 atom stereocenters. The first kappa shape index (κ1) is 25.4. The Morgan fingerprint density at radius 2 is 1.70 bits per heavy atom. The normalized spacial score (nSPS) is 15.0. The van der Waals surface area contributed by atoms with Crippen LogP contribution >= 0.6 is 0 Å². The molecule has 202 valence electrons. The monoisotopic (exact) mass is 535 g/mol. The minimum absolute atomic E-state index is 0.204. The summed E-state index contributed by atoms with van der Waals surface area (Å²) in [6.45, 7) is 3.73. The van der Waals surface area contributed by atoms with Crippen LogP contribution in [0.4, 0.5) is 0 Å². The predicted octanol–water partition coefficient (Wildman–Crippen LogP) is 4.84. The van der Waals surface area contributed by atoms with Crippen molar-refractivity contribution in [2.75, 3.05) is 19.8 Å². The zero-order valence-corrected chi connectivity index (χ0v) is 22.2. The van der Waals surface area contributed by atoms with Gasteiger partial charge in [-0.25, -0.2) is 9.48 Å². The van der Waals surface area contributed by atoms with Gasteiger partial charge in [-0.05, 0) is 60.9 Å². The Kier molecular flexibility index (Phi) is 7.06. The molecule has 8 heteroatoms. The maximum Gasteiger partial charge on any atom is 0.331 e. The summed E-state index contributed by atoms with van der Waals surface area (Å²) in [4.78, 5) is 27.6. The quantitative estimate of drug-likeness (QED) is 0.260. The summed E-state index contributed by atoms with van der Waals surface area (Å²) < 4.78 is 18.7. The van der Waals surface area contributed by atoms with Crippen molar-refractivity contribution in [3.8, 4) is 28.4 Å². The van der Waals surface area contributed by atoms with Crippen molar-refractivity contribution in [1.82, 2.24) is 14.7 Å². The van der Waals surface area contributed by atoms with E-state index in [1.807, 2.05) is 72.9 Å². The van der Waals surface area contributed by atoms with Gasteiger partial charge in [-0.1, -0.05) is 42.5 Å². The molecular formula is C32H29N3O5.